The van der Waals surface area contributed by atoms with E-state index in [4.69, 9.17) is 14.3 Å². The maximum Gasteiger partial charge on any atom is 0.433 e. The van der Waals surface area contributed by atoms with Crippen molar-refractivity contribution in [3.8, 4) is 5.75 Å². The molecule has 4 heterocycles. The molecule has 0 unspecified atom stereocenters. The number of benzene rings is 1. The summed E-state index contributed by atoms with van der Waals surface area (Å²) in [6.45, 7) is 2.65. The summed E-state index contributed by atoms with van der Waals surface area (Å²) in [4.78, 5) is 26.2. The second kappa shape index (κ2) is 10.6. The van der Waals surface area contributed by atoms with Gasteiger partial charge in [-0.2, -0.15) is 13.2 Å². The summed E-state index contributed by atoms with van der Waals surface area (Å²) in [5, 5.41) is 4.33. The Bertz CT molecular complexity index is 1230. The fourth-order valence-corrected chi connectivity index (χ4v) is 4.92. The quantitative estimate of drug-likeness (QED) is 0.541. The second-order valence-corrected chi connectivity index (χ2v) is 9.59. The van der Waals surface area contributed by atoms with Crippen LogP contribution in [0, 0.1) is 0 Å². The van der Waals surface area contributed by atoms with Crippen molar-refractivity contribution in [1.29, 1.82) is 0 Å². The summed E-state index contributed by atoms with van der Waals surface area (Å²) in [5.74, 6) is 0.740. The average molecular weight is 531 g/mol. The number of aromatic nitrogens is 1. The molecule has 1 amide bonds. The normalized spacial score (nSPS) is 19.5. The molecule has 8 nitrogen and oxygen atoms in total. The van der Waals surface area contributed by atoms with Gasteiger partial charge >= 0.3 is 6.18 Å². The number of alkyl halides is 3. The number of hydrogen-bond donors (Lipinski definition) is 0. The number of anilines is 1. The Morgan fingerprint density at radius 2 is 1.87 bits per heavy atom. The fourth-order valence-electron chi connectivity index (χ4n) is 4.92. The zero-order valence-electron chi connectivity index (χ0n) is 21.0. The molecule has 1 aromatic carbocycles. The van der Waals surface area contributed by atoms with Crippen LogP contribution in [0.1, 0.15) is 36.1 Å². The maximum absolute atomic E-state index is 13.3. The first-order valence-corrected chi connectivity index (χ1v) is 12.5. The summed E-state index contributed by atoms with van der Waals surface area (Å²) in [7, 11) is 1.62. The van der Waals surface area contributed by atoms with Crippen molar-refractivity contribution < 1.29 is 32.3 Å². The van der Waals surface area contributed by atoms with Crippen molar-refractivity contribution in [1.82, 2.24) is 9.88 Å². The summed E-state index contributed by atoms with van der Waals surface area (Å²) >= 11 is 0. The average Bonchev–Trinajstić information content (AvgIpc) is 3.35. The summed E-state index contributed by atoms with van der Waals surface area (Å²) in [6, 6.07) is 9.97. The number of rotatable bonds is 5. The van der Waals surface area contributed by atoms with E-state index < -0.39 is 17.5 Å². The van der Waals surface area contributed by atoms with Crippen LogP contribution in [-0.2, 0) is 20.5 Å². The maximum atomic E-state index is 13.3. The van der Waals surface area contributed by atoms with Gasteiger partial charge in [-0.3, -0.25) is 4.79 Å². The van der Waals surface area contributed by atoms with Crippen molar-refractivity contribution in [2.45, 2.75) is 31.0 Å². The van der Waals surface area contributed by atoms with Gasteiger partial charge in [0.15, 0.2) is 0 Å². The molecule has 3 aliphatic rings. The van der Waals surface area contributed by atoms with E-state index in [-0.39, 0.29) is 11.7 Å². The summed E-state index contributed by atoms with van der Waals surface area (Å²) < 4.78 is 50.5. The number of carbonyl (C=O) groups excluding carboxylic acids is 1. The molecular weight excluding hydrogens is 501 g/mol. The molecule has 2 fully saturated rings. The predicted molar refractivity (Wildman–Crippen MR) is 135 cm³/mol. The summed E-state index contributed by atoms with van der Waals surface area (Å²) in [5.41, 5.74) is 0.853. The number of likely N-dealkylation sites (tertiary alicyclic amines) is 1. The van der Waals surface area contributed by atoms with Crippen LogP contribution in [0.15, 0.2) is 47.6 Å². The minimum atomic E-state index is -4.55. The minimum Gasteiger partial charge on any atom is -0.497 e. The van der Waals surface area contributed by atoms with E-state index >= 15 is 0 Å². The van der Waals surface area contributed by atoms with Gasteiger partial charge in [-0.25, -0.2) is 4.98 Å². The van der Waals surface area contributed by atoms with E-state index in [0.29, 0.717) is 64.2 Å². The zero-order chi connectivity index (χ0) is 26.8. The largest absolute Gasteiger partial charge is 0.497 e. The summed E-state index contributed by atoms with van der Waals surface area (Å²) in [6.07, 6.45) is 0.301. The highest BCUT2D eigenvalue weighted by Crippen LogP contribution is 2.37. The fraction of sp³-hybridized carbons (Fsp3) is 0.444. The van der Waals surface area contributed by atoms with Crippen LogP contribution in [-0.4, -0.2) is 73.6 Å². The van der Waals surface area contributed by atoms with Crippen molar-refractivity contribution in [2.24, 2.45) is 5.16 Å². The molecule has 2 saturated heterocycles. The number of hydrogen-bond acceptors (Lipinski definition) is 7. The van der Waals surface area contributed by atoms with Crippen LogP contribution in [0.4, 0.5) is 19.0 Å². The van der Waals surface area contributed by atoms with Crippen LogP contribution in [0.3, 0.4) is 0 Å². The number of methoxy groups -OCH3 is 1. The molecule has 0 atom stereocenters. The third-order valence-electron chi connectivity index (χ3n) is 7.14. The highest BCUT2D eigenvalue weighted by atomic mass is 19.4. The van der Waals surface area contributed by atoms with Crippen LogP contribution < -0.4 is 9.64 Å². The van der Waals surface area contributed by atoms with Gasteiger partial charge in [0.2, 0.25) is 5.91 Å². The Morgan fingerprint density at radius 1 is 1.11 bits per heavy atom. The van der Waals surface area contributed by atoms with Gasteiger partial charge in [-0.1, -0.05) is 17.3 Å². The lowest BCUT2D eigenvalue weighted by molar-refractivity contribution is -0.141. The first kappa shape index (κ1) is 26.0. The molecule has 3 aliphatic heterocycles. The van der Waals surface area contributed by atoms with Crippen molar-refractivity contribution in [3.63, 3.8) is 0 Å². The Kier molecular flexibility index (Phi) is 7.29. The van der Waals surface area contributed by atoms with E-state index in [1.54, 1.807) is 23.0 Å². The second-order valence-electron chi connectivity index (χ2n) is 9.59. The number of morpholine rings is 1. The Balaban J connectivity index is 1.23. The Hall–Kier alpha value is -3.60. The number of ether oxygens (including phenoxy) is 2. The standard InChI is InChI=1S/C27H29F3N4O4/c1-36-21-4-2-3-20(17-21)22-18-26(38-32-22)9-11-33(12-10-26)24(35)8-6-19-5-7-23(27(28,29)30)31-25(19)34-13-15-37-16-14-34/h2-8,17H,9-16,18H2,1H3. The molecule has 11 heteroatoms. The molecule has 0 radical (unpaired) electrons. The Labute approximate surface area is 218 Å². The molecular formula is C27H29F3N4O4. The van der Waals surface area contributed by atoms with Crippen LogP contribution in [0.2, 0.25) is 0 Å². The molecule has 1 aromatic heterocycles. The van der Waals surface area contributed by atoms with Crippen molar-refractivity contribution >= 4 is 23.5 Å². The van der Waals surface area contributed by atoms with Crippen LogP contribution in [0.25, 0.3) is 6.08 Å². The predicted octanol–water partition coefficient (Wildman–Crippen LogP) is 4.14. The van der Waals surface area contributed by atoms with Crippen LogP contribution >= 0.6 is 0 Å². The van der Waals surface area contributed by atoms with Gasteiger partial charge in [0.25, 0.3) is 0 Å². The van der Waals surface area contributed by atoms with E-state index in [0.717, 1.165) is 23.1 Å². The number of halogens is 3. The molecule has 0 bridgehead atoms. The SMILES string of the molecule is COc1cccc(C2=NOC3(CCN(C(=O)C=Cc4ccc(C(F)(F)F)nc4N4CCOCC4)CC3)C2)c1. The highest BCUT2D eigenvalue weighted by molar-refractivity contribution is 6.02. The molecule has 38 heavy (non-hydrogen) atoms. The van der Waals surface area contributed by atoms with Crippen LogP contribution in [0.5, 0.6) is 5.75 Å². The van der Waals surface area contributed by atoms with E-state index in [1.165, 1.54) is 12.1 Å². The monoisotopic (exact) mass is 530 g/mol. The number of amides is 1. The van der Waals surface area contributed by atoms with Gasteiger partial charge in [0.1, 0.15) is 22.9 Å². The molecule has 202 valence electrons. The lowest BCUT2D eigenvalue weighted by Crippen LogP contribution is -2.46. The first-order valence-electron chi connectivity index (χ1n) is 12.5. The number of pyridine rings is 1. The van der Waals surface area contributed by atoms with Gasteiger partial charge in [0, 0.05) is 62.6 Å². The van der Waals surface area contributed by atoms with Crippen molar-refractivity contribution in [3.05, 3.63) is 59.3 Å². The zero-order valence-corrected chi connectivity index (χ0v) is 21.0. The van der Waals surface area contributed by atoms with Gasteiger partial charge < -0.3 is 24.1 Å². The van der Waals surface area contributed by atoms with Gasteiger partial charge in [-0.05, 0) is 30.3 Å². The molecule has 0 N–H and O–H groups in total. The minimum absolute atomic E-state index is 0.200. The van der Waals surface area contributed by atoms with Gasteiger partial charge in [-0.15, -0.1) is 0 Å². The molecule has 0 aliphatic carbocycles. The number of oxime groups is 1. The lowest BCUT2D eigenvalue weighted by atomic mass is 9.85. The smallest absolute Gasteiger partial charge is 0.433 e. The third kappa shape index (κ3) is 5.62. The van der Waals surface area contributed by atoms with E-state index in [2.05, 4.69) is 10.1 Å². The third-order valence-corrected chi connectivity index (χ3v) is 7.14. The number of nitrogens with zero attached hydrogens (tertiary/aromatic N) is 4. The molecule has 1 spiro atoms. The van der Waals surface area contributed by atoms with Crippen molar-refractivity contribution in [2.75, 3.05) is 51.4 Å². The molecule has 2 aromatic rings. The Morgan fingerprint density at radius 3 is 2.58 bits per heavy atom. The first-order chi connectivity index (χ1) is 18.3. The molecule has 5 rings (SSSR count). The lowest BCUT2D eigenvalue weighted by Gasteiger charge is -2.36. The highest BCUT2D eigenvalue weighted by Gasteiger charge is 2.43. The molecule has 0 saturated carbocycles. The number of piperidine rings is 1. The van der Waals surface area contributed by atoms with E-state index in [9.17, 15) is 18.0 Å². The van der Waals surface area contributed by atoms with E-state index in [1.807, 2.05) is 24.3 Å². The topological polar surface area (TPSA) is 76.5 Å². The number of carbonyl (C=O) groups is 1. The van der Waals surface area contributed by atoms with Gasteiger partial charge in [0.05, 0.1) is 26.0 Å².